The van der Waals surface area contributed by atoms with Crippen molar-refractivity contribution in [3.05, 3.63) is 39.9 Å². The topological polar surface area (TPSA) is 63.5 Å². The molecule has 0 aliphatic rings. The first-order chi connectivity index (χ1) is 8.50. The van der Waals surface area contributed by atoms with E-state index in [0.29, 0.717) is 11.3 Å². The molecule has 0 aliphatic heterocycles. The smallest absolute Gasteiger partial charge is 0.269 e. The Morgan fingerprint density at radius 3 is 2.44 bits per heavy atom. The summed E-state index contributed by atoms with van der Waals surface area (Å²) in [5, 5.41) is 10.5. The number of hydrogen-bond donors (Lipinski definition) is 0. The van der Waals surface area contributed by atoms with Crippen LogP contribution in [0.3, 0.4) is 0 Å². The van der Waals surface area contributed by atoms with E-state index in [9.17, 15) is 14.9 Å². The van der Waals surface area contributed by atoms with Crippen LogP contribution in [-0.4, -0.2) is 47.8 Å². The molecule has 0 unspecified atom stereocenters. The minimum atomic E-state index is -0.472. The predicted molar refractivity (Wildman–Crippen MR) is 73.3 cm³/mol. The summed E-state index contributed by atoms with van der Waals surface area (Å²) in [6, 6.07) is 5.73. The van der Waals surface area contributed by atoms with Crippen molar-refractivity contribution >= 4 is 23.2 Å². The molecule has 0 atom stereocenters. The highest BCUT2D eigenvalue weighted by atomic mass is 32.2. The van der Waals surface area contributed by atoms with Crippen molar-refractivity contribution in [2.45, 2.75) is 0 Å². The molecule has 6 heteroatoms. The van der Waals surface area contributed by atoms with Crippen molar-refractivity contribution in [1.82, 2.24) is 4.90 Å². The van der Waals surface area contributed by atoms with Gasteiger partial charge >= 0.3 is 0 Å². The number of non-ortho nitro benzene ring substituents is 1. The molecule has 18 heavy (non-hydrogen) atoms. The van der Waals surface area contributed by atoms with E-state index in [-0.39, 0.29) is 11.5 Å². The van der Waals surface area contributed by atoms with Gasteiger partial charge in [-0.05, 0) is 26.2 Å². The average molecular weight is 268 g/mol. The Morgan fingerprint density at radius 2 is 1.94 bits per heavy atom. The van der Waals surface area contributed by atoms with E-state index in [1.165, 1.54) is 24.3 Å². The number of benzene rings is 1. The summed E-state index contributed by atoms with van der Waals surface area (Å²) in [5.74, 6) is 1.31. The minimum Gasteiger partial charge on any atom is -0.309 e. The number of hydrogen-bond acceptors (Lipinski definition) is 5. The largest absolute Gasteiger partial charge is 0.309 e. The Kier molecular flexibility index (Phi) is 5.80. The fourth-order valence-corrected chi connectivity index (χ4v) is 2.26. The molecular formula is C12H16N2O3S. The molecule has 0 fully saturated rings. The van der Waals surface area contributed by atoms with Crippen molar-refractivity contribution in [2.75, 3.05) is 32.1 Å². The molecule has 0 radical (unpaired) electrons. The van der Waals surface area contributed by atoms with Crippen LogP contribution >= 0.6 is 11.8 Å². The van der Waals surface area contributed by atoms with Crippen LogP contribution in [0.25, 0.3) is 0 Å². The summed E-state index contributed by atoms with van der Waals surface area (Å²) in [6.07, 6.45) is 0. The van der Waals surface area contributed by atoms with Crippen LogP contribution in [0.5, 0.6) is 0 Å². The number of thioether (sulfide) groups is 1. The molecule has 0 amide bonds. The lowest BCUT2D eigenvalue weighted by molar-refractivity contribution is -0.384. The van der Waals surface area contributed by atoms with Gasteiger partial charge in [0.2, 0.25) is 0 Å². The van der Waals surface area contributed by atoms with Crippen LogP contribution in [0.2, 0.25) is 0 Å². The molecule has 0 N–H and O–H groups in total. The SMILES string of the molecule is CN(C)CCSCC(=O)c1ccc([N+](=O)[O-])cc1. The Morgan fingerprint density at radius 1 is 1.33 bits per heavy atom. The zero-order valence-electron chi connectivity index (χ0n) is 10.5. The van der Waals surface area contributed by atoms with E-state index < -0.39 is 4.92 Å². The van der Waals surface area contributed by atoms with Gasteiger partial charge in [-0.2, -0.15) is 11.8 Å². The van der Waals surface area contributed by atoms with E-state index in [0.717, 1.165) is 12.3 Å². The van der Waals surface area contributed by atoms with Crippen LogP contribution in [0.1, 0.15) is 10.4 Å². The third-order valence-electron chi connectivity index (χ3n) is 2.32. The van der Waals surface area contributed by atoms with Gasteiger partial charge in [0.15, 0.2) is 5.78 Å². The first kappa shape index (κ1) is 14.7. The van der Waals surface area contributed by atoms with E-state index in [2.05, 4.69) is 4.90 Å². The van der Waals surface area contributed by atoms with E-state index in [4.69, 9.17) is 0 Å². The number of nitrogens with zero attached hydrogens (tertiary/aromatic N) is 2. The van der Waals surface area contributed by atoms with Gasteiger partial charge in [0.25, 0.3) is 5.69 Å². The van der Waals surface area contributed by atoms with Crippen molar-refractivity contribution in [2.24, 2.45) is 0 Å². The monoisotopic (exact) mass is 268 g/mol. The Balaban J connectivity index is 2.44. The minimum absolute atomic E-state index is 0.00631. The molecule has 98 valence electrons. The molecule has 0 saturated carbocycles. The van der Waals surface area contributed by atoms with Crippen LogP contribution in [0, 0.1) is 10.1 Å². The third-order valence-corrected chi connectivity index (χ3v) is 3.25. The second-order valence-electron chi connectivity index (χ2n) is 4.08. The number of carbonyl (C=O) groups excluding carboxylic acids is 1. The van der Waals surface area contributed by atoms with E-state index in [1.807, 2.05) is 14.1 Å². The molecule has 1 aromatic carbocycles. The number of ketones is 1. The normalized spacial score (nSPS) is 10.6. The van der Waals surface area contributed by atoms with Crippen molar-refractivity contribution in [3.8, 4) is 0 Å². The maximum absolute atomic E-state index is 11.8. The number of rotatable bonds is 7. The molecule has 0 heterocycles. The Hall–Kier alpha value is -1.40. The highest BCUT2D eigenvalue weighted by Gasteiger charge is 2.09. The highest BCUT2D eigenvalue weighted by molar-refractivity contribution is 8.00. The maximum atomic E-state index is 11.8. The number of nitro groups is 1. The van der Waals surface area contributed by atoms with Crippen LogP contribution in [0.4, 0.5) is 5.69 Å². The fraction of sp³-hybridized carbons (Fsp3) is 0.417. The van der Waals surface area contributed by atoms with Crippen LogP contribution in [0.15, 0.2) is 24.3 Å². The molecule has 1 rings (SSSR count). The molecule has 0 aliphatic carbocycles. The summed E-state index contributed by atoms with van der Waals surface area (Å²) in [4.78, 5) is 23.8. The van der Waals surface area contributed by atoms with Gasteiger partial charge in [-0.3, -0.25) is 14.9 Å². The molecular weight excluding hydrogens is 252 g/mol. The van der Waals surface area contributed by atoms with Gasteiger partial charge < -0.3 is 4.90 Å². The first-order valence-corrected chi connectivity index (χ1v) is 6.66. The zero-order valence-corrected chi connectivity index (χ0v) is 11.3. The Bertz CT molecular complexity index is 418. The highest BCUT2D eigenvalue weighted by Crippen LogP contribution is 2.14. The fourth-order valence-electron chi connectivity index (χ4n) is 1.26. The summed E-state index contributed by atoms with van der Waals surface area (Å²) in [6.45, 7) is 0.929. The predicted octanol–water partition coefficient (Wildman–Crippen LogP) is 2.07. The average Bonchev–Trinajstić information content (AvgIpc) is 2.34. The summed E-state index contributed by atoms with van der Waals surface area (Å²) in [5.41, 5.74) is 0.532. The zero-order chi connectivity index (χ0) is 13.5. The second-order valence-corrected chi connectivity index (χ2v) is 5.19. The van der Waals surface area contributed by atoms with Crippen molar-refractivity contribution in [3.63, 3.8) is 0 Å². The van der Waals surface area contributed by atoms with Crippen molar-refractivity contribution < 1.29 is 9.72 Å². The van der Waals surface area contributed by atoms with Gasteiger partial charge in [-0.1, -0.05) is 0 Å². The van der Waals surface area contributed by atoms with E-state index >= 15 is 0 Å². The quantitative estimate of drug-likeness (QED) is 0.328. The standard InChI is InChI=1S/C12H16N2O3S/c1-13(2)7-8-18-9-12(15)10-3-5-11(6-4-10)14(16)17/h3-6H,7-9H2,1-2H3. The lowest BCUT2D eigenvalue weighted by Crippen LogP contribution is -2.15. The number of carbonyl (C=O) groups is 1. The molecule has 5 nitrogen and oxygen atoms in total. The van der Waals surface area contributed by atoms with Crippen LogP contribution in [-0.2, 0) is 0 Å². The summed E-state index contributed by atoms with van der Waals surface area (Å²) >= 11 is 1.57. The first-order valence-electron chi connectivity index (χ1n) is 5.51. The van der Waals surface area contributed by atoms with Gasteiger partial charge in [0.1, 0.15) is 0 Å². The van der Waals surface area contributed by atoms with Gasteiger partial charge in [0, 0.05) is 30.0 Å². The van der Waals surface area contributed by atoms with E-state index in [1.54, 1.807) is 11.8 Å². The number of Topliss-reactive ketones (excluding diaryl/α,β-unsaturated/α-hetero) is 1. The molecule has 0 aromatic heterocycles. The van der Waals surface area contributed by atoms with Crippen LogP contribution < -0.4 is 0 Å². The molecule has 0 bridgehead atoms. The van der Waals surface area contributed by atoms with Gasteiger partial charge in [-0.25, -0.2) is 0 Å². The molecule has 0 spiro atoms. The molecule has 1 aromatic rings. The van der Waals surface area contributed by atoms with Gasteiger partial charge in [-0.15, -0.1) is 0 Å². The summed E-state index contributed by atoms with van der Waals surface area (Å²) in [7, 11) is 3.97. The van der Waals surface area contributed by atoms with Crippen molar-refractivity contribution in [1.29, 1.82) is 0 Å². The molecule has 0 saturated heterocycles. The third kappa shape index (κ3) is 4.85. The lowest BCUT2D eigenvalue weighted by atomic mass is 10.1. The summed E-state index contributed by atoms with van der Waals surface area (Å²) < 4.78 is 0. The maximum Gasteiger partial charge on any atom is 0.269 e. The number of nitro benzene ring substituents is 1. The lowest BCUT2D eigenvalue weighted by Gasteiger charge is -2.08. The Labute approximate surface area is 110 Å². The van der Waals surface area contributed by atoms with Gasteiger partial charge in [0.05, 0.1) is 10.7 Å². The second kappa shape index (κ2) is 7.13.